The second-order valence-corrected chi connectivity index (χ2v) is 5.35. The summed E-state index contributed by atoms with van der Waals surface area (Å²) in [5.74, 6) is 0. The highest BCUT2D eigenvalue weighted by Gasteiger charge is 2.04. The second kappa shape index (κ2) is 8.33. The highest BCUT2D eigenvalue weighted by Crippen LogP contribution is 2.14. The number of unbranched alkanes of at least 4 members (excludes halogenated alkanes) is 2. The van der Waals surface area contributed by atoms with E-state index in [0.717, 1.165) is 12.1 Å². The third kappa shape index (κ3) is 6.22. The molecule has 0 radical (unpaired) electrons. The molecule has 0 saturated carbocycles. The lowest BCUT2D eigenvalue weighted by Gasteiger charge is -2.17. The first-order valence-electron chi connectivity index (χ1n) is 6.45. The number of hydrogen-bond acceptors (Lipinski definition) is 1. The fourth-order valence-corrected chi connectivity index (χ4v) is 2.24. The van der Waals surface area contributed by atoms with E-state index in [4.69, 9.17) is 23.8 Å². The minimum Gasteiger partial charge on any atom is -0.360 e. The van der Waals surface area contributed by atoms with Gasteiger partial charge in [-0.1, -0.05) is 43.9 Å². The van der Waals surface area contributed by atoms with Crippen LogP contribution in [0.2, 0.25) is 5.02 Å². The third-order valence-electron chi connectivity index (χ3n) is 2.70. The molecular weight excluding hydrogens is 264 g/mol. The molecule has 2 N–H and O–H groups in total. The summed E-state index contributed by atoms with van der Waals surface area (Å²) in [5.41, 5.74) is 0.917. The van der Waals surface area contributed by atoms with Gasteiger partial charge < -0.3 is 10.6 Å². The van der Waals surface area contributed by atoms with Crippen molar-refractivity contribution in [1.82, 2.24) is 5.32 Å². The molecule has 100 valence electrons. The van der Waals surface area contributed by atoms with Crippen molar-refractivity contribution in [2.24, 2.45) is 0 Å². The molecule has 1 aromatic carbocycles. The highest BCUT2D eigenvalue weighted by atomic mass is 35.5. The van der Waals surface area contributed by atoms with E-state index in [1.807, 2.05) is 24.3 Å². The van der Waals surface area contributed by atoms with Gasteiger partial charge in [0.05, 0.1) is 0 Å². The molecule has 4 heteroatoms. The summed E-state index contributed by atoms with van der Waals surface area (Å²) in [5, 5.41) is 7.79. The fraction of sp³-hybridized carbons (Fsp3) is 0.500. The second-order valence-electron chi connectivity index (χ2n) is 4.51. The minimum absolute atomic E-state index is 0.399. The summed E-state index contributed by atoms with van der Waals surface area (Å²) < 4.78 is 0. The van der Waals surface area contributed by atoms with Crippen LogP contribution >= 0.6 is 23.8 Å². The smallest absolute Gasteiger partial charge is 0.170 e. The van der Waals surface area contributed by atoms with Gasteiger partial charge in [0, 0.05) is 16.8 Å². The van der Waals surface area contributed by atoms with Gasteiger partial charge in [0.2, 0.25) is 0 Å². The third-order valence-corrected chi connectivity index (χ3v) is 3.16. The van der Waals surface area contributed by atoms with Crippen molar-refractivity contribution in [2.45, 2.75) is 45.6 Å². The summed E-state index contributed by atoms with van der Waals surface area (Å²) >= 11 is 11.2. The van der Waals surface area contributed by atoms with E-state index in [2.05, 4.69) is 24.5 Å². The van der Waals surface area contributed by atoms with Crippen LogP contribution in [0.15, 0.2) is 24.3 Å². The first-order valence-corrected chi connectivity index (χ1v) is 7.23. The van der Waals surface area contributed by atoms with Crippen LogP contribution in [0.25, 0.3) is 0 Å². The molecule has 0 aliphatic carbocycles. The lowest BCUT2D eigenvalue weighted by Crippen LogP contribution is -2.35. The van der Waals surface area contributed by atoms with Gasteiger partial charge in [0.25, 0.3) is 0 Å². The molecule has 1 aromatic rings. The zero-order chi connectivity index (χ0) is 13.4. The molecule has 1 atom stereocenters. The van der Waals surface area contributed by atoms with E-state index in [-0.39, 0.29) is 0 Å². The van der Waals surface area contributed by atoms with Gasteiger partial charge in [0.1, 0.15) is 0 Å². The van der Waals surface area contributed by atoms with Gasteiger partial charge in [-0.25, -0.2) is 0 Å². The Morgan fingerprint density at radius 2 is 2.17 bits per heavy atom. The van der Waals surface area contributed by atoms with E-state index in [1.54, 1.807) is 0 Å². The summed E-state index contributed by atoms with van der Waals surface area (Å²) in [4.78, 5) is 0. The van der Waals surface area contributed by atoms with E-state index < -0.39 is 0 Å². The van der Waals surface area contributed by atoms with Crippen molar-refractivity contribution in [2.75, 3.05) is 5.32 Å². The first kappa shape index (κ1) is 15.3. The van der Waals surface area contributed by atoms with Crippen LogP contribution in [-0.2, 0) is 0 Å². The van der Waals surface area contributed by atoms with Gasteiger partial charge in [-0.15, -0.1) is 0 Å². The number of rotatable bonds is 6. The van der Waals surface area contributed by atoms with Crippen LogP contribution < -0.4 is 10.6 Å². The van der Waals surface area contributed by atoms with Gasteiger partial charge in [-0.3, -0.25) is 0 Å². The van der Waals surface area contributed by atoms with E-state index >= 15 is 0 Å². The summed E-state index contributed by atoms with van der Waals surface area (Å²) in [6.07, 6.45) is 4.91. The average Bonchev–Trinajstić information content (AvgIpc) is 2.29. The molecule has 0 aliphatic rings. The van der Waals surface area contributed by atoms with Gasteiger partial charge in [-0.2, -0.15) is 0 Å². The Kier molecular flexibility index (Phi) is 7.06. The fourth-order valence-electron chi connectivity index (χ4n) is 1.73. The minimum atomic E-state index is 0.399. The molecule has 0 heterocycles. The quantitative estimate of drug-likeness (QED) is 0.590. The highest BCUT2D eigenvalue weighted by molar-refractivity contribution is 7.80. The topological polar surface area (TPSA) is 24.1 Å². The van der Waals surface area contributed by atoms with Crippen LogP contribution in [0, 0.1) is 0 Å². The van der Waals surface area contributed by atoms with E-state index in [0.29, 0.717) is 16.2 Å². The van der Waals surface area contributed by atoms with E-state index in [1.165, 1.54) is 19.3 Å². The van der Waals surface area contributed by atoms with Crippen LogP contribution in [0.3, 0.4) is 0 Å². The molecule has 1 rings (SSSR count). The predicted octanol–water partition coefficient (Wildman–Crippen LogP) is 4.60. The van der Waals surface area contributed by atoms with Crippen molar-refractivity contribution < 1.29 is 0 Å². The van der Waals surface area contributed by atoms with E-state index in [9.17, 15) is 0 Å². The van der Waals surface area contributed by atoms with Crippen LogP contribution in [-0.4, -0.2) is 11.2 Å². The van der Waals surface area contributed by atoms with Gasteiger partial charge in [0.15, 0.2) is 5.11 Å². The van der Waals surface area contributed by atoms with Crippen LogP contribution in [0.1, 0.15) is 39.5 Å². The zero-order valence-corrected chi connectivity index (χ0v) is 12.6. The summed E-state index contributed by atoms with van der Waals surface area (Å²) in [6.45, 7) is 4.37. The maximum Gasteiger partial charge on any atom is 0.170 e. The number of halogens is 1. The zero-order valence-electron chi connectivity index (χ0n) is 11.0. The molecule has 0 spiro atoms. The number of anilines is 1. The Morgan fingerprint density at radius 3 is 2.83 bits per heavy atom. The van der Waals surface area contributed by atoms with Crippen molar-refractivity contribution in [3.05, 3.63) is 29.3 Å². The van der Waals surface area contributed by atoms with Crippen LogP contribution in [0.4, 0.5) is 5.69 Å². The Bertz CT molecular complexity index is 382. The van der Waals surface area contributed by atoms with Crippen molar-refractivity contribution in [3.63, 3.8) is 0 Å². The van der Waals surface area contributed by atoms with Gasteiger partial charge in [-0.05, 0) is 43.8 Å². The number of thiocarbonyl (C=S) groups is 1. The number of hydrogen-bond donors (Lipinski definition) is 2. The molecule has 2 nitrogen and oxygen atoms in total. The lowest BCUT2D eigenvalue weighted by atomic mass is 10.1. The van der Waals surface area contributed by atoms with Crippen molar-refractivity contribution in [1.29, 1.82) is 0 Å². The molecule has 0 fully saturated rings. The summed E-state index contributed by atoms with van der Waals surface area (Å²) in [6, 6.07) is 7.95. The lowest BCUT2D eigenvalue weighted by molar-refractivity contribution is 0.556. The molecule has 0 bridgehead atoms. The number of nitrogens with one attached hydrogen (secondary N) is 2. The monoisotopic (exact) mass is 284 g/mol. The molecular formula is C14H21ClN2S. The molecule has 0 aromatic heterocycles. The first-order chi connectivity index (χ1) is 8.61. The van der Waals surface area contributed by atoms with Crippen LogP contribution in [0.5, 0.6) is 0 Å². The summed E-state index contributed by atoms with van der Waals surface area (Å²) in [7, 11) is 0. The molecule has 0 saturated heterocycles. The Morgan fingerprint density at radius 1 is 1.39 bits per heavy atom. The Labute approximate surface area is 120 Å². The molecule has 1 unspecified atom stereocenters. The Hall–Kier alpha value is -0.800. The maximum atomic E-state index is 5.91. The largest absolute Gasteiger partial charge is 0.360 e. The molecule has 18 heavy (non-hydrogen) atoms. The number of benzene rings is 1. The average molecular weight is 285 g/mol. The van der Waals surface area contributed by atoms with Gasteiger partial charge >= 0.3 is 0 Å². The van der Waals surface area contributed by atoms with Crippen molar-refractivity contribution >= 4 is 34.6 Å². The SMILES string of the molecule is CCCCCC(C)NC(=S)Nc1cccc(Cl)c1. The molecule has 0 aliphatic heterocycles. The molecule has 0 amide bonds. The normalized spacial score (nSPS) is 11.9. The predicted molar refractivity (Wildman–Crippen MR) is 84.4 cm³/mol. The van der Waals surface area contributed by atoms with Crippen molar-refractivity contribution in [3.8, 4) is 0 Å². The maximum absolute atomic E-state index is 5.91. The standard InChI is InChI=1S/C14H21ClN2S/c1-3-4-5-7-11(2)16-14(18)17-13-9-6-8-12(15)10-13/h6,8-11H,3-5,7H2,1-2H3,(H2,16,17,18). The Balaban J connectivity index is 2.32.